The van der Waals surface area contributed by atoms with E-state index in [1.807, 2.05) is 0 Å². The lowest BCUT2D eigenvalue weighted by Gasteiger charge is -2.01. The number of nitrogen functional groups attached to an aromatic ring is 4. The molecule has 0 bridgehead atoms. The molecule has 0 aliphatic carbocycles. The van der Waals surface area contributed by atoms with Gasteiger partial charge in [-0.1, -0.05) is 6.07 Å². The van der Waals surface area contributed by atoms with Gasteiger partial charge in [0.25, 0.3) is 12.4 Å². The van der Waals surface area contributed by atoms with Gasteiger partial charge in [0.1, 0.15) is 18.0 Å². The van der Waals surface area contributed by atoms with Gasteiger partial charge in [-0.2, -0.15) is 10.2 Å². The van der Waals surface area contributed by atoms with E-state index in [0.29, 0.717) is 45.5 Å². The molecule has 202 valence electrons. The Morgan fingerprint density at radius 3 is 1.39 bits per heavy atom. The number of aliphatic hydroxyl groups is 1. The monoisotopic (exact) mass is 528 g/mol. The SMILES string of the molecule is CC(=O)O.Nc1ccc(N=Nc2cccc(N=Nc3ccc(N)cc3N)c2)c(N)c1.O=C(O)CO.O=CO. The van der Waals surface area contributed by atoms with Crippen molar-refractivity contribution in [3.63, 3.8) is 0 Å². The van der Waals surface area contributed by atoms with Crippen LogP contribution in [0.25, 0.3) is 0 Å². The molecule has 3 aromatic rings. The summed E-state index contributed by atoms with van der Waals surface area (Å²) in [6, 6.07) is 17.3. The molecule has 38 heavy (non-hydrogen) atoms. The van der Waals surface area contributed by atoms with E-state index in [1.54, 1.807) is 60.7 Å². The molecule has 0 unspecified atom stereocenters. The summed E-state index contributed by atoms with van der Waals surface area (Å²) in [6.45, 7) is 0.0556. The highest BCUT2D eigenvalue weighted by Crippen LogP contribution is 2.29. The number of benzene rings is 3. The van der Waals surface area contributed by atoms with Crippen molar-refractivity contribution in [1.82, 2.24) is 0 Å². The van der Waals surface area contributed by atoms with Crippen LogP contribution in [0, 0.1) is 0 Å². The topological polar surface area (TPSA) is 286 Å². The van der Waals surface area contributed by atoms with Gasteiger partial charge in [0.15, 0.2) is 0 Å². The molecule has 12 N–H and O–H groups in total. The molecule has 0 heterocycles. The van der Waals surface area contributed by atoms with Crippen LogP contribution in [-0.4, -0.2) is 45.4 Å². The van der Waals surface area contributed by atoms with Crippen LogP contribution in [0.1, 0.15) is 6.92 Å². The molecule has 15 nitrogen and oxygen atoms in total. The average Bonchev–Trinajstić information content (AvgIpc) is 2.84. The Morgan fingerprint density at radius 2 is 1.11 bits per heavy atom. The van der Waals surface area contributed by atoms with Crippen molar-refractivity contribution in [2.45, 2.75) is 6.92 Å². The summed E-state index contributed by atoms with van der Waals surface area (Å²) in [5.74, 6) is -2.02. The number of carbonyl (C=O) groups is 3. The van der Waals surface area contributed by atoms with Gasteiger partial charge >= 0.3 is 5.97 Å². The molecule has 3 aromatic carbocycles. The summed E-state index contributed by atoms with van der Waals surface area (Å²) in [7, 11) is 0. The second-order valence-electron chi connectivity index (χ2n) is 6.73. The predicted molar refractivity (Wildman–Crippen MR) is 142 cm³/mol. The van der Waals surface area contributed by atoms with Crippen molar-refractivity contribution in [3.05, 3.63) is 60.7 Å². The molecule has 0 saturated heterocycles. The van der Waals surface area contributed by atoms with E-state index in [0.717, 1.165) is 6.92 Å². The van der Waals surface area contributed by atoms with Crippen molar-refractivity contribution < 1.29 is 34.8 Å². The number of carboxylic acid groups (broad SMARTS) is 3. The van der Waals surface area contributed by atoms with Crippen LogP contribution in [0.3, 0.4) is 0 Å². The lowest BCUT2D eigenvalue weighted by atomic mass is 10.2. The molecule has 0 spiro atoms. The predicted octanol–water partition coefficient (Wildman–Crippen LogP) is 3.70. The van der Waals surface area contributed by atoms with Crippen molar-refractivity contribution >= 4 is 63.9 Å². The van der Waals surface area contributed by atoms with Crippen LogP contribution in [0.15, 0.2) is 81.1 Å². The van der Waals surface area contributed by atoms with Gasteiger partial charge in [-0.15, -0.1) is 10.2 Å². The number of nitrogens with two attached hydrogens (primary N) is 4. The molecule has 0 saturated carbocycles. The number of nitrogens with zero attached hydrogens (tertiary/aromatic N) is 4. The van der Waals surface area contributed by atoms with Crippen LogP contribution >= 0.6 is 0 Å². The molecule has 0 aliphatic rings. The second kappa shape index (κ2) is 17.8. The molecule has 0 atom stereocenters. The zero-order valence-corrected chi connectivity index (χ0v) is 20.2. The highest BCUT2D eigenvalue weighted by atomic mass is 16.4. The molecule has 0 aromatic heterocycles. The van der Waals surface area contributed by atoms with E-state index in [9.17, 15) is 0 Å². The Balaban J connectivity index is 0.000000962. The maximum absolute atomic E-state index is 9.12. The zero-order valence-electron chi connectivity index (χ0n) is 20.2. The van der Waals surface area contributed by atoms with Gasteiger partial charge in [0.05, 0.1) is 22.7 Å². The van der Waals surface area contributed by atoms with Crippen molar-refractivity contribution in [3.8, 4) is 0 Å². The minimum Gasteiger partial charge on any atom is -0.483 e. The number of aliphatic hydroxyl groups excluding tert-OH is 1. The number of aliphatic carboxylic acids is 2. The first-order valence-electron chi connectivity index (χ1n) is 10.3. The van der Waals surface area contributed by atoms with E-state index in [4.69, 9.17) is 57.7 Å². The molecule has 0 radical (unpaired) electrons. The first-order chi connectivity index (χ1) is 17.9. The fraction of sp³-hybridized carbons (Fsp3) is 0.0870. The van der Waals surface area contributed by atoms with Gasteiger partial charge in [0, 0.05) is 18.3 Å². The molecular formula is C23H28N8O7. The number of rotatable bonds is 5. The van der Waals surface area contributed by atoms with Crippen LogP contribution in [0.5, 0.6) is 0 Å². The highest BCUT2D eigenvalue weighted by Gasteiger charge is 2.00. The summed E-state index contributed by atoms with van der Waals surface area (Å²) in [4.78, 5) is 26.5. The Kier molecular flexibility index (Phi) is 15.2. The van der Waals surface area contributed by atoms with E-state index < -0.39 is 18.5 Å². The largest absolute Gasteiger partial charge is 0.483 e. The smallest absolute Gasteiger partial charge is 0.329 e. The molecule has 3 rings (SSSR count). The van der Waals surface area contributed by atoms with Crippen LogP contribution in [-0.2, 0) is 14.4 Å². The van der Waals surface area contributed by atoms with Crippen LogP contribution in [0.2, 0.25) is 0 Å². The number of azo groups is 2. The van der Waals surface area contributed by atoms with Crippen molar-refractivity contribution in [2.75, 3.05) is 29.5 Å². The van der Waals surface area contributed by atoms with Gasteiger partial charge in [0.2, 0.25) is 0 Å². The van der Waals surface area contributed by atoms with E-state index >= 15 is 0 Å². The summed E-state index contributed by atoms with van der Waals surface area (Å²) < 4.78 is 0. The Hall–Kier alpha value is -5.57. The van der Waals surface area contributed by atoms with Gasteiger partial charge in [-0.05, 0) is 54.6 Å². The fourth-order valence-corrected chi connectivity index (χ4v) is 2.17. The lowest BCUT2D eigenvalue weighted by molar-refractivity contribution is -0.140. The number of carboxylic acids is 2. The summed E-state index contributed by atoms with van der Waals surface area (Å²) in [5.41, 5.74) is 27.4. The standard InChI is InChI=1S/C18H18N8.C2H4O3.C2H4O2.CH2O2/c19-11-4-6-17(15(21)8-11)25-23-13-2-1-3-14(10-13)24-26-18-7-5-12(20)9-16(18)22;3-1-2(4)5;1-2(3)4;2-1-3/h1-10H,19-22H2;3H,1H2,(H,4,5);1H3,(H,3,4);1H,(H,2,3). The molecular weight excluding hydrogens is 500 g/mol. The Bertz CT molecular complexity index is 1190. The van der Waals surface area contributed by atoms with Crippen LogP contribution in [0.4, 0.5) is 45.5 Å². The number of hydrogen-bond donors (Lipinski definition) is 8. The molecule has 0 amide bonds. The van der Waals surface area contributed by atoms with Crippen LogP contribution < -0.4 is 22.9 Å². The first kappa shape index (κ1) is 32.4. The van der Waals surface area contributed by atoms with Gasteiger partial charge in [-0.3, -0.25) is 9.59 Å². The first-order valence-corrected chi connectivity index (χ1v) is 10.3. The lowest BCUT2D eigenvalue weighted by Crippen LogP contribution is -1.98. The fourth-order valence-electron chi connectivity index (χ4n) is 2.17. The van der Waals surface area contributed by atoms with Crippen molar-refractivity contribution in [2.24, 2.45) is 20.5 Å². The van der Waals surface area contributed by atoms with E-state index in [1.165, 1.54) is 0 Å². The maximum atomic E-state index is 9.12. The summed E-state index contributed by atoms with van der Waals surface area (Å²) >= 11 is 0. The molecule has 0 fully saturated rings. The molecule has 0 aliphatic heterocycles. The third-order valence-electron chi connectivity index (χ3n) is 3.61. The highest BCUT2D eigenvalue weighted by molar-refractivity contribution is 5.69. The average molecular weight is 529 g/mol. The second-order valence-corrected chi connectivity index (χ2v) is 6.73. The van der Waals surface area contributed by atoms with E-state index in [2.05, 4.69) is 20.5 Å². The summed E-state index contributed by atoms with van der Waals surface area (Å²) in [5, 5.41) is 45.9. The normalized spacial score (nSPS) is 9.74. The third kappa shape index (κ3) is 14.6. The summed E-state index contributed by atoms with van der Waals surface area (Å²) in [6.07, 6.45) is 0. The van der Waals surface area contributed by atoms with E-state index in [-0.39, 0.29) is 6.47 Å². The third-order valence-corrected chi connectivity index (χ3v) is 3.61. The minimum absolute atomic E-state index is 0.250. The van der Waals surface area contributed by atoms with Crippen molar-refractivity contribution in [1.29, 1.82) is 0 Å². The molecule has 15 heteroatoms. The number of hydrogen-bond acceptors (Lipinski definition) is 12. The van der Waals surface area contributed by atoms with Gasteiger partial charge < -0.3 is 43.4 Å². The quantitative estimate of drug-likeness (QED) is 0.134. The maximum Gasteiger partial charge on any atom is 0.329 e. The number of anilines is 4. The Labute approximate surface area is 216 Å². The Morgan fingerprint density at radius 1 is 0.763 bits per heavy atom. The van der Waals surface area contributed by atoms with Gasteiger partial charge in [-0.25, -0.2) is 4.79 Å². The minimum atomic E-state index is -1.19. The zero-order chi connectivity index (χ0) is 29.1.